The van der Waals surface area contributed by atoms with Crippen molar-refractivity contribution in [3.05, 3.63) is 35.1 Å². The number of furan rings is 1. The number of aryl methyl sites for hydroxylation is 2. The van der Waals surface area contributed by atoms with Gasteiger partial charge in [-0.15, -0.1) is 0 Å². The Bertz CT molecular complexity index is 957. The molecule has 1 N–H and O–H groups in total. The first-order valence-electron chi connectivity index (χ1n) is 8.26. The minimum atomic E-state index is -3.79. The topological polar surface area (TPSA) is 134 Å². The van der Waals surface area contributed by atoms with Gasteiger partial charge in [-0.3, -0.25) is 4.79 Å². The number of hydrogen-bond acceptors (Lipinski definition) is 7. The Balaban J connectivity index is 1.75. The molecule has 0 aliphatic carbocycles. The summed E-state index contributed by atoms with van der Waals surface area (Å²) in [5.41, 5.74) is 0.178. The first-order chi connectivity index (χ1) is 12.7. The van der Waals surface area contributed by atoms with Crippen molar-refractivity contribution in [1.82, 2.24) is 14.4 Å². The molecule has 10 nitrogen and oxygen atoms in total. The molecule has 2 aromatic heterocycles. The molecule has 11 heteroatoms. The Kier molecular flexibility index (Phi) is 5.07. The second-order valence-electron chi connectivity index (χ2n) is 6.21. The third kappa shape index (κ3) is 3.60. The lowest BCUT2D eigenvalue weighted by atomic mass is 10.3. The summed E-state index contributed by atoms with van der Waals surface area (Å²) < 4.78 is 37.1. The third-order valence-corrected chi connectivity index (χ3v) is 6.51. The van der Waals surface area contributed by atoms with Crippen LogP contribution in [0.1, 0.15) is 38.8 Å². The van der Waals surface area contributed by atoms with Gasteiger partial charge in [-0.05, 0) is 20.3 Å². The summed E-state index contributed by atoms with van der Waals surface area (Å²) >= 11 is 0. The summed E-state index contributed by atoms with van der Waals surface area (Å²) in [6, 6.07) is 1.16. The van der Waals surface area contributed by atoms with Crippen LogP contribution in [0.2, 0.25) is 0 Å². The number of aromatic carboxylic acids is 1. The Morgan fingerprint density at radius 1 is 1.19 bits per heavy atom. The highest BCUT2D eigenvalue weighted by molar-refractivity contribution is 7.89. The zero-order valence-electron chi connectivity index (χ0n) is 14.8. The Labute approximate surface area is 155 Å². The van der Waals surface area contributed by atoms with Crippen molar-refractivity contribution in [3.63, 3.8) is 0 Å². The van der Waals surface area contributed by atoms with Crippen LogP contribution < -0.4 is 0 Å². The van der Waals surface area contributed by atoms with Gasteiger partial charge in [0.25, 0.3) is 5.91 Å². The van der Waals surface area contributed by atoms with Crippen LogP contribution >= 0.6 is 0 Å². The third-order valence-electron chi connectivity index (χ3n) is 4.37. The van der Waals surface area contributed by atoms with E-state index < -0.39 is 21.9 Å². The number of carbonyl (C=O) groups excluding carboxylic acids is 1. The molecule has 3 rings (SSSR count). The Morgan fingerprint density at radius 3 is 2.52 bits per heavy atom. The zero-order chi connectivity index (χ0) is 19.8. The molecule has 0 atom stereocenters. The predicted octanol–water partition coefficient (Wildman–Crippen LogP) is 1.12. The van der Waals surface area contributed by atoms with Gasteiger partial charge >= 0.3 is 5.97 Å². The molecule has 1 fully saturated rings. The summed E-state index contributed by atoms with van der Waals surface area (Å²) in [4.78, 5) is 25.0. The molecule has 2 aromatic rings. The summed E-state index contributed by atoms with van der Waals surface area (Å²) in [5, 5.41) is 12.6. The molecule has 146 valence electrons. The molecule has 0 bridgehead atoms. The molecule has 1 aliphatic heterocycles. The average Bonchev–Trinajstić information content (AvgIpc) is 3.13. The number of hydrogen-bond donors (Lipinski definition) is 1. The van der Waals surface area contributed by atoms with Crippen LogP contribution in [-0.4, -0.2) is 65.9 Å². The second-order valence-corrected chi connectivity index (χ2v) is 8.08. The molecular formula is C16H19N3O7S. The summed E-state index contributed by atoms with van der Waals surface area (Å²) in [7, 11) is -3.79. The number of carboxylic acid groups (broad SMARTS) is 1. The van der Waals surface area contributed by atoms with E-state index in [1.165, 1.54) is 16.1 Å². The van der Waals surface area contributed by atoms with E-state index in [9.17, 15) is 18.0 Å². The number of carboxylic acids is 1. The summed E-state index contributed by atoms with van der Waals surface area (Å²) in [6.07, 6.45) is 1.43. The van der Waals surface area contributed by atoms with Gasteiger partial charge in [0, 0.05) is 32.2 Å². The highest BCUT2D eigenvalue weighted by Crippen LogP contribution is 2.24. The van der Waals surface area contributed by atoms with Crippen molar-refractivity contribution in [3.8, 4) is 0 Å². The number of carbonyl (C=O) groups is 2. The maximum atomic E-state index is 12.9. The summed E-state index contributed by atoms with van der Waals surface area (Å²) in [5.74, 6) is -1.53. The molecule has 1 aliphatic rings. The Hall–Kier alpha value is -2.66. The van der Waals surface area contributed by atoms with Gasteiger partial charge in [-0.2, -0.15) is 4.31 Å². The predicted molar refractivity (Wildman–Crippen MR) is 90.9 cm³/mol. The monoisotopic (exact) mass is 397 g/mol. The normalized spacial score (nSPS) is 16.3. The standard InChI is InChI=1S/C16H19N3O7S/c1-10-14(11(2)26-17-10)27(23,24)19-5-3-4-18(6-7-19)15(20)13-8-12(9-25-13)16(21)22/h8-9H,3-7H2,1-2H3,(H,21,22). The first-order valence-corrected chi connectivity index (χ1v) is 9.70. The first kappa shape index (κ1) is 19.1. The number of sulfonamides is 1. The van der Waals surface area contributed by atoms with E-state index in [2.05, 4.69) is 5.16 Å². The largest absolute Gasteiger partial charge is 0.478 e. The fourth-order valence-corrected chi connectivity index (χ4v) is 4.79. The molecule has 0 spiro atoms. The number of nitrogens with zero attached hydrogens (tertiary/aromatic N) is 3. The van der Waals surface area contributed by atoms with Gasteiger partial charge in [0.1, 0.15) is 16.9 Å². The minimum Gasteiger partial charge on any atom is -0.478 e. The Morgan fingerprint density at radius 2 is 1.93 bits per heavy atom. The van der Waals surface area contributed by atoms with Crippen molar-refractivity contribution in [2.75, 3.05) is 26.2 Å². The molecular weight excluding hydrogens is 378 g/mol. The highest BCUT2D eigenvalue weighted by Gasteiger charge is 2.33. The van der Waals surface area contributed by atoms with Gasteiger partial charge in [-0.25, -0.2) is 13.2 Å². The lowest BCUT2D eigenvalue weighted by Crippen LogP contribution is -2.37. The van der Waals surface area contributed by atoms with Crippen LogP contribution in [-0.2, 0) is 10.0 Å². The molecule has 3 heterocycles. The van der Waals surface area contributed by atoms with Crippen LogP contribution in [0.5, 0.6) is 0 Å². The van der Waals surface area contributed by atoms with E-state index in [1.54, 1.807) is 6.92 Å². The van der Waals surface area contributed by atoms with Gasteiger partial charge < -0.3 is 18.9 Å². The van der Waals surface area contributed by atoms with Crippen LogP contribution in [0, 0.1) is 13.8 Å². The molecule has 27 heavy (non-hydrogen) atoms. The van der Waals surface area contributed by atoms with Gasteiger partial charge in [0.15, 0.2) is 11.5 Å². The van der Waals surface area contributed by atoms with Crippen molar-refractivity contribution < 1.29 is 32.1 Å². The average molecular weight is 397 g/mol. The van der Waals surface area contributed by atoms with E-state index in [4.69, 9.17) is 14.0 Å². The molecule has 1 amide bonds. The van der Waals surface area contributed by atoms with Gasteiger partial charge in [-0.1, -0.05) is 5.16 Å². The highest BCUT2D eigenvalue weighted by atomic mass is 32.2. The van der Waals surface area contributed by atoms with Gasteiger partial charge in [0.05, 0.1) is 5.56 Å². The lowest BCUT2D eigenvalue weighted by molar-refractivity contribution is 0.0694. The number of aromatic nitrogens is 1. The SMILES string of the molecule is Cc1noc(C)c1S(=O)(=O)N1CCCN(C(=O)c2cc(C(=O)O)co2)CC1. The van der Waals surface area contributed by atoms with Crippen molar-refractivity contribution in [2.24, 2.45) is 0 Å². The molecule has 0 unspecified atom stereocenters. The molecule has 0 aromatic carbocycles. The van der Waals surface area contributed by atoms with E-state index in [1.807, 2.05) is 0 Å². The van der Waals surface area contributed by atoms with Crippen molar-refractivity contribution >= 4 is 21.9 Å². The van der Waals surface area contributed by atoms with E-state index in [0.29, 0.717) is 18.7 Å². The van der Waals surface area contributed by atoms with E-state index in [0.717, 1.165) is 12.3 Å². The fourth-order valence-electron chi connectivity index (χ4n) is 3.03. The fraction of sp³-hybridized carbons (Fsp3) is 0.438. The minimum absolute atomic E-state index is 0.0550. The second kappa shape index (κ2) is 7.16. The maximum Gasteiger partial charge on any atom is 0.338 e. The maximum absolute atomic E-state index is 12.9. The molecule has 0 saturated carbocycles. The van der Waals surface area contributed by atoms with E-state index >= 15 is 0 Å². The number of rotatable bonds is 4. The molecule has 1 saturated heterocycles. The smallest absolute Gasteiger partial charge is 0.338 e. The summed E-state index contributed by atoms with van der Waals surface area (Å²) in [6.45, 7) is 3.94. The number of amides is 1. The molecule has 0 radical (unpaired) electrons. The van der Waals surface area contributed by atoms with Crippen LogP contribution in [0.3, 0.4) is 0 Å². The quantitative estimate of drug-likeness (QED) is 0.811. The van der Waals surface area contributed by atoms with Crippen molar-refractivity contribution in [2.45, 2.75) is 25.2 Å². The van der Waals surface area contributed by atoms with Crippen LogP contribution in [0.25, 0.3) is 0 Å². The van der Waals surface area contributed by atoms with E-state index in [-0.39, 0.29) is 41.6 Å². The van der Waals surface area contributed by atoms with Crippen LogP contribution in [0.15, 0.2) is 26.2 Å². The lowest BCUT2D eigenvalue weighted by Gasteiger charge is -2.21. The van der Waals surface area contributed by atoms with Crippen molar-refractivity contribution in [1.29, 1.82) is 0 Å². The van der Waals surface area contributed by atoms with Gasteiger partial charge in [0.2, 0.25) is 10.0 Å². The van der Waals surface area contributed by atoms with Crippen LogP contribution in [0.4, 0.5) is 0 Å². The zero-order valence-corrected chi connectivity index (χ0v) is 15.7.